The lowest BCUT2D eigenvalue weighted by atomic mass is 9.90. The number of hydrogen-bond acceptors (Lipinski definition) is 8. The van der Waals surface area contributed by atoms with Crippen molar-refractivity contribution < 1.29 is 37.8 Å². The van der Waals surface area contributed by atoms with E-state index in [2.05, 4.69) is 21.3 Å². The third-order valence-corrected chi connectivity index (χ3v) is 7.61. The van der Waals surface area contributed by atoms with E-state index in [1.165, 1.54) is 31.0 Å². The first-order chi connectivity index (χ1) is 21.1. The highest BCUT2D eigenvalue weighted by molar-refractivity contribution is 6.02. The van der Waals surface area contributed by atoms with Gasteiger partial charge in [-0.1, -0.05) is 24.3 Å². The molecule has 0 unspecified atom stereocenters. The second-order valence-corrected chi connectivity index (χ2v) is 10.5. The van der Waals surface area contributed by atoms with E-state index in [1.54, 1.807) is 24.3 Å². The molecule has 0 bridgehead atoms. The van der Waals surface area contributed by atoms with Crippen molar-refractivity contribution in [1.82, 2.24) is 20.9 Å². The van der Waals surface area contributed by atoms with Gasteiger partial charge in [0.05, 0.1) is 5.69 Å². The van der Waals surface area contributed by atoms with Crippen molar-refractivity contribution in [1.29, 1.82) is 0 Å². The molecule has 2 aliphatic rings. The minimum Gasteiger partial charge on any atom is -0.436 e. The normalized spacial score (nSPS) is 17.5. The van der Waals surface area contributed by atoms with Crippen LogP contribution in [0.25, 0.3) is 0 Å². The quantitative estimate of drug-likeness (QED) is 0.265. The van der Waals surface area contributed by atoms with E-state index in [0.29, 0.717) is 37.2 Å². The van der Waals surface area contributed by atoms with E-state index < -0.39 is 53.7 Å². The van der Waals surface area contributed by atoms with Crippen LogP contribution < -0.4 is 27.0 Å². The van der Waals surface area contributed by atoms with Crippen molar-refractivity contribution in [3.63, 3.8) is 0 Å². The Hall–Kier alpha value is -4.56. The van der Waals surface area contributed by atoms with Crippen molar-refractivity contribution in [3.8, 4) is 0 Å². The summed E-state index contributed by atoms with van der Waals surface area (Å²) >= 11 is 0. The van der Waals surface area contributed by atoms with E-state index in [0.717, 1.165) is 6.07 Å². The number of benzene rings is 2. The van der Waals surface area contributed by atoms with Crippen molar-refractivity contribution in [2.75, 3.05) is 38.7 Å². The highest BCUT2D eigenvalue weighted by atomic mass is 19.1. The molecular formula is C30H37FN6O7. The number of hydrogen-bond donors (Lipinski definition) is 5. The summed E-state index contributed by atoms with van der Waals surface area (Å²) in [6.45, 7) is 2.65. The third kappa shape index (κ3) is 7.50. The Morgan fingerprint density at radius 3 is 2.55 bits per heavy atom. The molecule has 1 fully saturated rings. The maximum absolute atomic E-state index is 14.8. The molecule has 2 heterocycles. The molecular weight excluding hydrogens is 575 g/mol. The largest absolute Gasteiger partial charge is 0.436 e. The lowest BCUT2D eigenvalue weighted by Gasteiger charge is -2.35. The van der Waals surface area contributed by atoms with Crippen molar-refractivity contribution >= 4 is 35.4 Å². The van der Waals surface area contributed by atoms with Crippen molar-refractivity contribution in [2.24, 2.45) is 11.7 Å². The molecule has 236 valence electrons. The molecule has 0 spiro atoms. The minimum atomic E-state index is -1.20. The van der Waals surface area contributed by atoms with Gasteiger partial charge in [-0.15, -0.1) is 0 Å². The number of anilines is 1. The van der Waals surface area contributed by atoms with Crippen LogP contribution in [0, 0.1) is 11.7 Å². The van der Waals surface area contributed by atoms with Gasteiger partial charge in [0.15, 0.2) is 6.10 Å². The number of amides is 5. The van der Waals surface area contributed by atoms with Crippen molar-refractivity contribution in [2.45, 2.75) is 44.5 Å². The molecule has 44 heavy (non-hydrogen) atoms. The van der Waals surface area contributed by atoms with Gasteiger partial charge < -0.3 is 41.4 Å². The van der Waals surface area contributed by atoms with Gasteiger partial charge in [-0.25, -0.2) is 9.18 Å². The monoisotopic (exact) mass is 612 g/mol. The zero-order valence-corrected chi connectivity index (χ0v) is 24.6. The molecule has 0 aromatic heterocycles. The first kappa shape index (κ1) is 32.4. The Kier molecular flexibility index (Phi) is 10.8. The van der Waals surface area contributed by atoms with Crippen LogP contribution in [0.2, 0.25) is 0 Å². The molecule has 14 heteroatoms. The fourth-order valence-corrected chi connectivity index (χ4v) is 5.28. The molecule has 4 rings (SSSR count). The van der Waals surface area contributed by atoms with Crippen LogP contribution in [0.1, 0.15) is 47.3 Å². The lowest BCUT2D eigenvalue weighted by molar-refractivity contribution is -0.145. The predicted molar refractivity (Wildman–Crippen MR) is 157 cm³/mol. The van der Waals surface area contributed by atoms with Crippen LogP contribution in [0.5, 0.6) is 0 Å². The zero-order valence-electron chi connectivity index (χ0n) is 24.6. The zero-order chi connectivity index (χ0) is 31.8. The average Bonchev–Trinajstić information content (AvgIpc) is 3.43. The minimum absolute atomic E-state index is 0.0665. The second kappa shape index (κ2) is 14.8. The maximum atomic E-state index is 14.8. The summed E-state index contributed by atoms with van der Waals surface area (Å²) in [5.41, 5.74) is 6.58. The molecule has 0 saturated carbocycles. The first-order valence-electron chi connectivity index (χ1n) is 14.4. The predicted octanol–water partition coefficient (Wildman–Crippen LogP) is 1.19. The SMILES string of the molecule is CNC(=O)O[C@@H](C)C(=O)N[C@H](C(=O)N1Cc2ccccc2[C@H]1C(=O)Nc1cc(C(=O)NCCN)ccc1F)C1CCOCC1. The fraction of sp³-hybridized carbons (Fsp3) is 0.433. The van der Waals surface area contributed by atoms with Crippen LogP contribution in [-0.2, 0) is 30.4 Å². The Labute approximate surface area is 254 Å². The van der Waals surface area contributed by atoms with Gasteiger partial charge in [0.1, 0.15) is 17.9 Å². The summed E-state index contributed by atoms with van der Waals surface area (Å²) in [5.74, 6) is -3.47. The van der Waals surface area contributed by atoms with Crippen LogP contribution in [0.3, 0.4) is 0 Å². The van der Waals surface area contributed by atoms with E-state index in [-0.39, 0.29) is 36.8 Å². The van der Waals surface area contributed by atoms with E-state index in [9.17, 15) is 28.4 Å². The number of nitrogens with one attached hydrogen (secondary N) is 4. The van der Waals surface area contributed by atoms with E-state index in [4.69, 9.17) is 15.2 Å². The molecule has 2 aromatic rings. The highest BCUT2D eigenvalue weighted by Crippen LogP contribution is 2.36. The summed E-state index contributed by atoms with van der Waals surface area (Å²) in [7, 11) is 1.36. The molecule has 3 atom stereocenters. The third-order valence-electron chi connectivity index (χ3n) is 7.61. The maximum Gasteiger partial charge on any atom is 0.407 e. The van der Waals surface area contributed by atoms with Gasteiger partial charge in [-0.05, 0) is 55.0 Å². The van der Waals surface area contributed by atoms with Gasteiger partial charge in [0, 0.05) is 45.5 Å². The van der Waals surface area contributed by atoms with Gasteiger partial charge in [0.2, 0.25) is 5.91 Å². The molecule has 2 aliphatic heterocycles. The van der Waals surface area contributed by atoms with Gasteiger partial charge in [-0.3, -0.25) is 19.2 Å². The van der Waals surface area contributed by atoms with Gasteiger partial charge in [0.25, 0.3) is 17.7 Å². The number of nitrogens with zero attached hydrogens (tertiary/aromatic N) is 1. The van der Waals surface area contributed by atoms with E-state index >= 15 is 0 Å². The molecule has 5 amide bonds. The molecule has 0 aliphatic carbocycles. The summed E-state index contributed by atoms with van der Waals surface area (Å²) in [6, 6.07) is 8.35. The number of carbonyl (C=O) groups is 5. The average molecular weight is 613 g/mol. The number of nitrogens with two attached hydrogens (primary N) is 1. The summed E-state index contributed by atoms with van der Waals surface area (Å²) < 4.78 is 25.3. The smallest absolute Gasteiger partial charge is 0.407 e. The molecule has 1 saturated heterocycles. The number of halogens is 1. The van der Waals surface area contributed by atoms with Crippen LogP contribution in [0.15, 0.2) is 42.5 Å². The number of rotatable bonds is 10. The fourth-order valence-electron chi connectivity index (χ4n) is 5.28. The summed E-state index contributed by atoms with van der Waals surface area (Å²) in [4.78, 5) is 66.6. The van der Waals surface area contributed by atoms with Crippen LogP contribution >= 0.6 is 0 Å². The standard InChI is InChI=1S/C30H37FN6O7/c1-17(44-30(42)33-2)26(38)36-24(18-9-13-43-14-10-18)29(41)37-16-20-5-3-4-6-21(20)25(37)28(40)35-23-15-19(7-8-22(23)31)27(39)34-12-11-32/h3-8,15,17-18,24-25H,9-14,16,32H2,1-2H3,(H,33,42)(H,34,39)(H,35,40)(H,36,38)/t17-,24-,25-/m0/s1. The number of carbonyl (C=O) groups excluding carboxylic acids is 5. The second-order valence-electron chi connectivity index (χ2n) is 10.5. The molecule has 0 radical (unpaired) electrons. The highest BCUT2D eigenvalue weighted by Gasteiger charge is 2.44. The topological polar surface area (TPSA) is 181 Å². The van der Waals surface area contributed by atoms with Gasteiger partial charge in [-0.2, -0.15) is 0 Å². The van der Waals surface area contributed by atoms with Gasteiger partial charge >= 0.3 is 6.09 Å². The Morgan fingerprint density at radius 2 is 1.84 bits per heavy atom. The number of alkyl carbamates (subject to hydrolysis) is 1. The molecule has 13 nitrogen and oxygen atoms in total. The summed E-state index contributed by atoms with van der Waals surface area (Å²) in [6.07, 6.45) is -1.05. The van der Waals surface area contributed by atoms with Crippen molar-refractivity contribution in [3.05, 3.63) is 65.0 Å². The number of ether oxygens (including phenoxy) is 2. The Bertz CT molecular complexity index is 1400. The van der Waals surface area contributed by atoms with Crippen LogP contribution in [-0.4, -0.2) is 80.1 Å². The molecule has 2 aromatic carbocycles. The first-order valence-corrected chi connectivity index (χ1v) is 14.4. The van der Waals surface area contributed by atoms with E-state index in [1.807, 2.05) is 0 Å². The lowest BCUT2D eigenvalue weighted by Crippen LogP contribution is -2.55. The number of fused-ring (bicyclic) bond motifs is 1. The Balaban J connectivity index is 1.62. The molecule has 6 N–H and O–H groups in total. The van der Waals surface area contributed by atoms with Crippen LogP contribution in [0.4, 0.5) is 14.9 Å². The summed E-state index contributed by atoms with van der Waals surface area (Å²) in [5, 5.41) is 10.2. The Morgan fingerprint density at radius 1 is 1.11 bits per heavy atom.